The predicted octanol–water partition coefficient (Wildman–Crippen LogP) is 5.07. The van der Waals surface area contributed by atoms with E-state index in [-0.39, 0.29) is 5.91 Å². The molecule has 0 aromatic heterocycles. The molecule has 0 aliphatic carbocycles. The second-order valence-electron chi connectivity index (χ2n) is 9.48. The highest BCUT2D eigenvalue weighted by atomic mass is 16.5. The number of ether oxygens (including phenoxy) is 1. The lowest BCUT2D eigenvalue weighted by Crippen LogP contribution is -2.38. The quantitative estimate of drug-likeness (QED) is 0.489. The molecule has 34 heavy (non-hydrogen) atoms. The van der Waals surface area contributed by atoms with Gasteiger partial charge in [0.2, 0.25) is 0 Å². The molecule has 4 rings (SSSR count). The number of rotatable bonds is 9. The molecular formula is C29H39N3O2. The topological polar surface area (TPSA) is 36.0 Å². The van der Waals surface area contributed by atoms with Crippen LogP contribution in [0.15, 0.2) is 55.1 Å². The fraction of sp³-hybridized carbons (Fsp3) is 0.483. The number of fused-ring (bicyclic) bond motifs is 2. The van der Waals surface area contributed by atoms with Crippen LogP contribution < -0.4 is 4.74 Å². The highest BCUT2D eigenvalue weighted by Gasteiger charge is 2.37. The van der Waals surface area contributed by atoms with E-state index in [9.17, 15) is 4.79 Å². The molecular weight excluding hydrogens is 422 g/mol. The minimum Gasteiger partial charge on any atom is -0.497 e. The number of hydrogen-bond acceptors (Lipinski definition) is 4. The van der Waals surface area contributed by atoms with Crippen LogP contribution in [0.3, 0.4) is 0 Å². The third-order valence-electron chi connectivity index (χ3n) is 7.55. The van der Waals surface area contributed by atoms with Gasteiger partial charge in [-0.2, -0.15) is 0 Å². The van der Waals surface area contributed by atoms with Crippen LogP contribution in [-0.4, -0.2) is 72.5 Å². The number of nitrogens with zero attached hydrogens (tertiary/aromatic N) is 3. The fourth-order valence-electron chi connectivity index (χ4n) is 5.65. The summed E-state index contributed by atoms with van der Waals surface area (Å²) in [5.74, 6) is 0.925. The van der Waals surface area contributed by atoms with Crippen LogP contribution in [0, 0.1) is 0 Å². The van der Waals surface area contributed by atoms with E-state index in [1.807, 2.05) is 43.0 Å². The number of hydrogen-bond donors (Lipinski definition) is 0. The van der Waals surface area contributed by atoms with Crippen LogP contribution in [0.1, 0.15) is 49.0 Å². The van der Waals surface area contributed by atoms with E-state index >= 15 is 0 Å². The molecule has 2 aliphatic rings. The van der Waals surface area contributed by atoms with Crippen LogP contribution in [0.4, 0.5) is 0 Å². The number of methoxy groups -OCH3 is 1. The first-order valence-electron chi connectivity index (χ1n) is 12.7. The Morgan fingerprint density at radius 2 is 1.91 bits per heavy atom. The van der Waals surface area contributed by atoms with E-state index in [0.29, 0.717) is 25.2 Å². The lowest BCUT2D eigenvalue weighted by Gasteiger charge is -2.30. The molecule has 2 aliphatic heterocycles. The van der Waals surface area contributed by atoms with Gasteiger partial charge in [0, 0.05) is 56.9 Å². The molecule has 0 spiro atoms. The van der Waals surface area contributed by atoms with Crippen molar-refractivity contribution in [3.63, 3.8) is 0 Å². The average Bonchev–Trinajstić information content (AvgIpc) is 3.14. The zero-order valence-corrected chi connectivity index (χ0v) is 21.0. The normalized spacial score (nSPS) is 20.7. The summed E-state index contributed by atoms with van der Waals surface area (Å²) in [6, 6.07) is 15.7. The Morgan fingerprint density at radius 3 is 2.65 bits per heavy atom. The smallest absolute Gasteiger partial charge is 0.253 e. The Hall–Kier alpha value is -2.63. The van der Waals surface area contributed by atoms with Crippen molar-refractivity contribution in [1.82, 2.24) is 14.7 Å². The van der Waals surface area contributed by atoms with Crippen LogP contribution in [0.25, 0.3) is 11.1 Å². The van der Waals surface area contributed by atoms with E-state index in [1.54, 1.807) is 7.11 Å². The van der Waals surface area contributed by atoms with E-state index in [2.05, 4.69) is 40.6 Å². The van der Waals surface area contributed by atoms with Crippen molar-refractivity contribution in [2.45, 2.75) is 51.7 Å². The number of carbonyl (C=O) groups is 1. The Bertz CT molecular complexity index is 1000. The monoisotopic (exact) mass is 461 g/mol. The summed E-state index contributed by atoms with van der Waals surface area (Å²) in [5, 5.41) is 0. The number of likely N-dealkylation sites (tertiary alicyclic amines) is 1. The van der Waals surface area contributed by atoms with Crippen molar-refractivity contribution in [2.75, 3.05) is 39.8 Å². The summed E-state index contributed by atoms with van der Waals surface area (Å²) in [6.45, 7) is 13.6. The molecule has 0 N–H and O–H groups in total. The van der Waals surface area contributed by atoms with Crippen molar-refractivity contribution in [3.8, 4) is 16.9 Å². The maximum absolute atomic E-state index is 13.1. The Labute approximate surface area is 205 Å². The Balaban J connectivity index is 1.69. The highest BCUT2D eigenvalue weighted by molar-refractivity contribution is 5.95. The molecule has 2 atom stereocenters. The van der Waals surface area contributed by atoms with Crippen LogP contribution in [0.5, 0.6) is 5.75 Å². The van der Waals surface area contributed by atoms with Crippen molar-refractivity contribution < 1.29 is 9.53 Å². The third kappa shape index (κ3) is 5.21. The molecule has 182 valence electrons. The average molecular weight is 462 g/mol. The minimum atomic E-state index is 0.0932. The van der Waals surface area contributed by atoms with Gasteiger partial charge in [-0.3, -0.25) is 14.6 Å². The SMILES string of the molecule is C=CCN1CCC2CCC(C1)N2Cc1ccc(C(=O)N(CC)CC)cc1-c1cccc(OC)c1. The maximum atomic E-state index is 13.1. The standard InChI is InChI=1S/C29H39N3O2/c1-5-16-30-17-15-25-13-14-26(21-30)32(25)20-24-12-11-23(29(33)31(6-2)7-3)19-28(24)22-9-8-10-27(18-22)34-4/h5,8-12,18-19,25-26H,1,6-7,13-17,20-21H2,2-4H3. The van der Waals surface area contributed by atoms with Gasteiger partial charge in [0.15, 0.2) is 0 Å². The van der Waals surface area contributed by atoms with Crippen molar-refractivity contribution in [2.24, 2.45) is 0 Å². The van der Waals surface area contributed by atoms with Crippen LogP contribution in [0.2, 0.25) is 0 Å². The Kier molecular flexibility index (Phi) is 8.07. The molecule has 2 fully saturated rings. The Morgan fingerprint density at radius 1 is 1.12 bits per heavy atom. The zero-order valence-electron chi connectivity index (χ0n) is 21.0. The summed E-state index contributed by atoms with van der Waals surface area (Å²) in [6.07, 6.45) is 5.76. The first kappa shape index (κ1) is 24.5. The van der Waals surface area contributed by atoms with Crippen molar-refractivity contribution in [3.05, 3.63) is 66.2 Å². The van der Waals surface area contributed by atoms with Gasteiger partial charge in [0.25, 0.3) is 5.91 Å². The molecule has 2 heterocycles. The van der Waals surface area contributed by atoms with Crippen LogP contribution in [-0.2, 0) is 6.54 Å². The first-order chi connectivity index (χ1) is 16.6. The van der Waals surface area contributed by atoms with Gasteiger partial charge in [-0.25, -0.2) is 0 Å². The summed E-state index contributed by atoms with van der Waals surface area (Å²) in [4.78, 5) is 20.3. The number of benzene rings is 2. The second-order valence-corrected chi connectivity index (χ2v) is 9.48. The van der Waals surface area contributed by atoms with Crippen molar-refractivity contribution >= 4 is 5.91 Å². The second kappa shape index (κ2) is 11.2. The number of amides is 1. The van der Waals surface area contributed by atoms with Gasteiger partial charge in [0.1, 0.15) is 5.75 Å². The summed E-state index contributed by atoms with van der Waals surface area (Å²) < 4.78 is 5.51. The molecule has 2 bridgehead atoms. The molecule has 2 aromatic carbocycles. The molecule has 0 saturated carbocycles. The predicted molar refractivity (Wildman–Crippen MR) is 139 cm³/mol. The van der Waals surface area contributed by atoms with Gasteiger partial charge in [-0.1, -0.05) is 24.3 Å². The van der Waals surface area contributed by atoms with Crippen LogP contribution >= 0.6 is 0 Å². The summed E-state index contributed by atoms with van der Waals surface area (Å²) >= 11 is 0. The molecule has 2 saturated heterocycles. The van der Waals surface area contributed by atoms with E-state index in [0.717, 1.165) is 48.6 Å². The molecule has 2 unspecified atom stereocenters. The molecule has 5 nitrogen and oxygen atoms in total. The number of carbonyl (C=O) groups excluding carboxylic acids is 1. The molecule has 2 aromatic rings. The third-order valence-corrected chi connectivity index (χ3v) is 7.55. The van der Waals surface area contributed by atoms with E-state index in [4.69, 9.17) is 4.74 Å². The molecule has 0 radical (unpaired) electrons. The summed E-state index contributed by atoms with van der Waals surface area (Å²) in [7, 11) is 1.70. The maximum Gasteiger partial charge on any atom is 0.253 e. The molecule has 1 amide bonds. The lowest BCUT2D eigenvalue weighted by molar-refractivity contribution is 0.0773. The van der Waals surface area contributed by atoms with Crippen molar-refractivity contribution in [1.29, 1.82) is 0 Å². The highest BCUT2D eigenvalue weighted by Crippen LogP contribution is 2.35. The lowest BCUT2D eigenvalue weighted by atomic mass is 9.95. The van der Waals surface area contributed by atoms with Gasteiger partial charge < -0.3 is 9.64 Å². The van der Waals surface area contributed by atoms with Gasteiger partial charge >= 0.3 is 0 Å². The first-order valence-corrected chi connectivity index (χ1v) is 12.7. The van der Waals surface area contributed by atoms with Gasteiger partial charge in [-0.05, 0) is 74.1 Å². The van der Waals surface area contributed by atoms with E-state index in [1.165, 1.54) is 24.8 Å². The van der Waals surface area contributed by atoms with Gasteiger partial charge in [-0.15, -0.1) is 6.58 Å². The molecule has 5 heteroatoms. The van der Waals surface area contributed by atoms with E-state index < -0.39 is 0 Å². The zero-order chi connectivity index (χ0) is 24.1. The minimum absolute atomic E-state index is 0.0932. The fourth-order valence-corrected chi connectivity index (χ4v) is 5.65. The summed E-state index contributed by atoms with van der Waals surface area (Å²) in [5.41, 5.74) is 4.25. The van der Waals surface area contributed by atoms with Gasteiger partial charge in [0.05, 0.1) is 7.11 Å². The largest absolute Gasteiger partial charge is 0.497 e.